The number of hydrogen-bond acceptors (Lipinski definition) is 8. The maximum Gasteiger partial charge on any atom is 0.342 e. The van der Waals surface area contributed by atoms with Gasteiger partial charge in [0, 0.05) is 44.2 Å². The van der Waals surface area contributed by atoms with Crippen molar-refractivity contribution in [2.24, 2.45) is 5.92 Å². The largest absolute Gasteiger partial charge is 0.495 e. The Balaban J connectivity index is 1.38. The van der Waals surface area contributed by atoms with Crippen LogP contribution in [0.4, 0.5) is 36.3 Å². The number of nitrogens with one attached hydrogen (secondary N) is 2. The number of hydrogen-bond donors (Lipinski definition) is 2. The van der Waals surface area contributed by atoms with Gasteiger partial charge in [0.2, 0.25) is 11.9 Å². The van der Waals surface area contributed by atoms with Crippen LogP contribution in [0, 0.1) is 11.7 Å². The molecule has 2 aromatic rings. The predicted octanol–water partition coefficient (Wildman–Crippen LogP) is 3.72. The van der Waals surface area contributed by atoms with Crippen LogP contribution in [0.3, 0.4) is 0 Å². The van der Waals surface area contributed by atoms with Gasteiger partial charge in [0.15, 0.2) is 5.82 Å². The molecule has 3 amide bonds. The number of ether oxygens (including phenoxy) is 1. The van der Waals surface area contributed by atoms with Crippen LogP contribution < -0.4 is 25.2 Å². The summed E-state index contributed by atoms with van der Waals surface area (Å²) < 4.78 is 50.5. The fourth-order valence-corrected chi connectivity index (χ4v) is 5.92. The highest BCUT2D eigenvalue weighted by Crippen LogP contribution is 2.40. The van der Waals surface area contributed by atoms with E-state index in [9.17, 15) is 23.2 Å². The number of carbonyl (C=O) groups excluding carboxylic acids is 3. The highest BCUT2D eigenvalue weighted by atomic mass is 19.3. The Morgan fingerprint density at radius 3 is 2.56 bits per heavy atom. The number of nitrogens with zero attached hydrogens (tertiary/aromatic N) is 5. The Kier molecular flexibility index (Phi) is 8.39. The minimum absolute atomic E-state index is 0.00151. The fourth-order valence-electron chi connectivity index (χ4n) is 5.92. The van der Waals surface area contributed by atoms with Crippen molar-refractivity contribution in [3.8, 4) is 5.75 Å². The third kappa shape index (κ3) is 6.04. The molecule has 3 heterocycles. The van der Waals surface area contributed by atoms with Crippen LogP contribution >= 0.6 is 0 Å². The van der Waals surface area contributed by atoms with E-state index < -0.39 is 30.1 Å². The number of carbonyl (C=O) groups is 3. The first kappa shape index (κ1) is 30.4. The monoisotopic (exact) mass is 603 g/mol. The van der Waals surface area contributed by atoms with E-state index in [1.54, 1.807) is 4.90 Å². The molecule has 11 nitrogen and oxygen atoms in total. The summed E-state index contributed by atoms with van der Waals surface area (Å²) in [6.45, 7) is 3.67. The Morgan fingerprint density at radius 1 is 1.16 bits per heavy atom. The Bertz CT molecular complexity index is 1420. The highest BCUT2D eigenvalue weighted by Gasteiger charge is 2.48. The summed E-state index contributed by atoms with van der Waals surface area (Å²) in [5.41, 5.74) is 0.0147. The van der Waals surface area contributed by atoms with Crippen LogP contribution in [-0.4, -0.2) is 84.4 Å². The minimum Gasteiger partial charge on any atom is -0.495 e. The van der Waals surface area contributed by atoms with E-state index in [1.807, 2.05) is 13.8 Å². The van der Waals surface area contributed by atoms with E-state index in [1.165, 1.54) is 31.3 Å². The smallest absolute Gasteiger partial charge is 0.342 e. The maximum absolute atomic E-state index is 15.3. The quantitative estimate of drug-likeness (QED) is 0.492. The van der Waals surface area contributed by atoms with Gasteiger partial charge in [0.1, 0.15) is 17.3 Å². The number of likely N-dealkylation sites (tertiary alicyclic amines) is 1. The highest BCUT2D eigenvalue weighted by molar-refractivity contribution is 6.02. The number of anilines is 4. The lowest BCUT2D eigenvalue weighted by molar-refractivity contribution is -0.140. The third-order valence-electron chi connectivity index (χ3n) is 8.24. The molecular weight excluding hydrogens is 567 g/mol. The van der Waals surface area contributed by atoms with Gasteiger partial charge in [-0.15, -0.1) is 0 Å². The number of halogens is 3. The number of amides is 3. The number of methoxy groups -OCH3 is 1. The van der Waals surface area contributed by atoms with E-state index in [4.69, 9.17) is 4.74 Å². The first-order valence-corrected chi connectivity index (χ1v) is 14.4. The Hall–Kier alpha value is -4.10. The van der Waals surface area contributed by atoms with Crippen LogP contribution in [0.15, 0.2) is 18.3 Å². The molecule has 1 aliphatic carbocycles. The van der Waals surface area contributed by atoms with Crippen molar-refractivity contribution < 1.29 is 32.3 Å². The zero-order chi connectivity index (χ0) is 31.1. The number of fused-ring (bicyclic) bond motifs is 1. The van der Waals surface area contributed by atoms with Crippen LogP contribution in [0.1, 0.15) is 56.3 Å². The molecule has 1 aromatic heterocycles. The molecule has 1 atom stereocenters. The minimum atomic E-state index is -3.62. The normalized spacial score (nSPS) is 20.3. The van der Waals surface area contributed by atoms with E-state index in [2.05, 4.69) is 20.6 Å². The second kappa shape index (κ2) is 11.9. The van der Waals surface area contributed by atoms with E-state index >= 15 is 4.39 Å². The lowest BCUT2D eigenvalue weighted by Gasteiger charge is -2.31. The molecule has 0 unspecified atom stereocenters. The third-order valence-corrected chi connectivity index (χ3v) is 8.24. The molecule has 1 aromatic carbocycles. The van der Waals surface area contributed by atoms with E-state index in [0.29, 0.717) is 32.4 Å². The van der Waals surface area contributed by atoms with Crippen molar-refractivity contribution >= 4 is 40.9 Å². The summed E-state index contributed by atoms with van der Waals surface area (Å²) in [5.74, 6) is -6.32. The van der Waals surface area contributed by atoms with E-state index in [-0.39, 0.29) is 58.4 Å². The van der Waals surface area contributed by atoms with Crippen molar-refractivity contribution in [1.29, 1.82) is 0 Å². The number of benzene rings is 1. The Morgan fingerprint density at radius 2 is 1.88 bits per heavy atom. The fraction of sp³-hybridized carbons (Fsp3) is 0.552. The van der Waals surface area contributed by atoms with Gasteiger partial charge in [-0.05, 0) is 25.3 Å². The number of aromatic nitrogens is 2. The van der Waals surface area contributed by atoms with Crippen LogP contribution in [-0.2, 0) is 9.59 Å². The second-order valence-electron chi connectivity index (χ2n) is 11.6. The van der Waals surface area contributed by atoms with Crippen LogP contribution in [0.5, 0.6) is 5.75 Å². The first-order valence-electron chi connectivity index (χ1n) is 14.4. The van der Waals surface area contributed by atoms with Gasteiger partial charge in [-0.3, -0.25) is 14.4 Å². The average Bonchev–Trinajstić information content (AvgIpc) is 3.66. The molecule has 232 valence electrons. The summed E-state index contributed by atoms with van der Waals surface area (Å²) in [7, 11) is 2.62. The first-order chi connectivity index (χ1) is 20.4. The molecule has 5 rings (SSSR count). The molecule has 2 fully saturated rings. The van der Waals surface area contributed by atoms with Crippen LogP contribution in [0.2, 0.25) is 0 Å². The molecule has 2 N–H and O–H groups in total. The zero-order valence-electron chi connectivity index (χ0n) is 24.6. The summed E-state index contributed by atoms with van der Waals surface area (Å²) in [6.07, 6.45) is 4.99. The van der Waals surface area contributed by atoms with Crippen molar-refractivity contribution in [2.45, 2.75) is 64.0 Å². The van der Waals surface area contributed by atoms with Gasteiger partial charge in [-0.25, -0.2) is 9.37 Å². The summed E-state index contributed by atoms with van der Waals surface area (Å²) in [6, 6.07) is 1.80. The number of alkyl halides is 2. The Labute approximate surface area is 247 Å². The topological polar surface area (TPSA) is 120 Å². The maximum atomic E-state index is 15.3. The summed E-state index contributed by atoms with van der Waals surface area (Å²) in [4.78, 5) is 50.5. The van der Waals surface area contributed by atoms with Crippen molar-refractivity contribution in [3.63, 3.8) is 0 Å². The molecule has 1 saturated carbocycles. The molecule has 0 bridgehead atoms. The van der Waals surface area contributed by atoms with Crippen molar-refractivity contribution in [1.82, 2.24) is 20.2 Å². The molecule has 0 spiro atoms. The standard InChI is InChI=1S/C29H36F3N7O4/c1-16(2)26(41)38-10-9-17(14-38)34-25(40)19-11-23(43-4)21(12-20(19)30)35-28-33-13-22-24(36-28)39(18-7-5-6-8-18)15-29(31,32)27(42)37(22)3/h11-13,16-18H,5-10,14-15H2,1-4H3,(H,34,40)(H,33,35,36)/t17-/m0/s1. The number of rotatable bonds is 7. The summed E-state index contributed by atoms with van der Waals surface area (Å²) in [5, 5.41) is 5.67. The molecule has 0 radical (unpaired) electrons. The summed E-state index contributed by atoms with van der Waals surface area (Å²) >= 11 is 0. The molecule has 14 heteroatoms. The molecule has 1 saturated heterocycles. The molecule has 3 aliphatic rings. The van der Waals surface area contributed by atoms with Gasteiger partial charge >= 0.3 is 5.92 Å². The van der Waals surface area contributed by atoms with Crippen molar-refractivity contribution in [2.75, 3.05) is 48.9 Å². The second-order valence-corrected chi connectivity index (χ2v) is 11.6. The van der Waals surface area contributed by atoms with Gasteiger partial charge < -0.3 is 30.1 Å². The van der Waals surface area contributed by atoms with Gasteiger partial charge in [0.05, 0.1) is 31.1 Å². The van der Waals surface area contributed by atoms with Gasteiger partial charge in [-0.1, -0.05) is 26.7 Å². The zero-order valence-corrected chi connectivity index (χ0v) is 24.6. The predicted molar refractivity (Wildman–Crippen MR) is 154 cm³/mol. The lowest BCUT2D eigenvalue weighted by atomic mass is 10.1. The van der Waals surface area contributed by atoms with Gasteiger partial charge in [-0.2, -0.15) is 13.8 Å². The van der Waals surface area contributed by atoms with E-state index in [0.717, 1.165) is 23.8 Å². The molecule has 43 heavy (non-hydrogen) atoms. The molecular formula is C29H36F3N7O4. The van der Waals surface area contributed by atoms with Gasteiger partial charge in [0.25, 0.3) is 11.8 Å². The SMILES string of the molecule is COc1cc(C(=O)N[C@H]2CCN(C(=O)C(C)C)C2)c(F)cc1Nc1ncc2c(n1)N(C1CCCC1)CC(F)(F)C(=O)N2C. The molecule has 2 aliphatic heterocycles. The van der Waals surface area contributed by atoms with Crippen LogP contribution in [0.25, 0.3) is 0 Å². The van der Waals surface area contributed by atoms with Crippen molar-refractivity contribution in [3.05, 3.63) is 29.7 Å². The average molecular weight is 604 g/mol. The lowest BCUT2D eigenvalue weighted by Crippen LogP contribution is -2.48.